The molecule has 0 bridgehead atoms. The molecule has 3 aromatic rings. The molecule has 0 heterocycles. The summed E-state index contributed by atoms with van der Waals surface area (Å²) < 4.78 is 11.1. The Balaban J connectivity index is 1.35. The average Bonchev–Trinajstić information content (AvgIpc) is 2.86. The third kappa shape index (κ3) is 9.03. The molecule has 3 rings (SSSR count). The molecule has 0 unspecified atom stereocenters. The van der Waals surface area contributed by atoms with E-state index in [0.717, 1.165) is 18.4 Å². The topological polar surface area (TPSA) is 76.7 Å². The SMILES string of the molecule is O=C(CCC(=O)OCCCc1ccccc1)NC(=S)Nc1ccccc1OCc1ccccc1. The first-order valence-electron chi connectivity index (χ1n) is 11.2. The highest BCUT2D eigenvalue weighted by Crippen LogP contribution is 2.24. The molecule has 0 fully saturated rings. The summed E-state index contributed by atoms with van der Waals surface area (Å²) >= 11 is 5.25. The van der Waals surface area contributed by atoms with Crippen LogP contribution < -0.4 is 15.4 Å². The minimum Gasteiger partial charge on any atom is -0.487 e. The maximum absolute atomic E-state index is 12.2. The van der Waals surface area contributed by atoms with Crippen LogP contribution in [0.2, 0.25) is 0 Å². The van der Waals surface area contributed by atoms with Gasteiger partial charge in [0.2, 0.25) is 5.91 Å². The number of carbonyl (C=O) groups excluding carboxylic acids is 2. The van der Waals surface area contributed by atoms with Gasteiger partial charge in [0.1, 0.15) is 12.4 Å². The Hall–Kier alpha value is -3.71. The van der Waals surface area contributed by atoms with Crippen molar-refractivity contribution in [3.63, 3.8) is 0 Å². The van der Waals surface area contributed by atoms with Crippen molar-refractivity contribution >= 4 is 34.9 Å². The van der Waals surface area contributed by atoms with Gasteiger partial charge in [-0.25, -0.2) is 0 Å². The lowest BCUT2D eigenvalue weighted by atomic mass is 10.1. The van der Waals surface area contributed by atoms with E-state index in [1.165, 1.54) is 5.56 Å². The number of para-hydroxylation sites is 2. The number of benzene rings is 3. The van der Waals surface area contributed by atoms with Gasteiger partial charge in [0.05, 0.1) is 18.7 Å². The number of anilines is 1. The van der Waals surface area contributed by atoms with Gasteiger partial charge in [-0.05, 0) is 48.3 Å². The zero-order chi connectivity index (χ0) is 24.0. The fourth-order valence-electron chi connectivity index (χ4n) is 3.17. The van der Waals surface area contributed by atoms with Gasteiger partial charge >= 0.3 is 5.97 Å². The minimum absolute atomic E-state index is 0.00342. The maximum Gasteiger partial charge on any atom is 0.306 e. The van der Waals surface area contributed by atoms with Crippen LogP contribution in [0, 0.1) is 0 Å². The van der Waals surface area contributed by atoms with Gasteiger partial charge in [-0.15, -0.1) is 0 Å². The van der Waals surface area contributed by atoms with Crippen molar-refractivity contribution in [2.75, 3.05) is 11.9 Å². The average molecular weight is 477 g/mol. The molecule has 0 aliphatic carbocycles. The van der Waals surface area contributed by atoms with E-state index < -0.39 is 5.97 Å². The Morgan fingerprint density at radius 2 is 1.44 bits per heavy atom. The van der Waals surface area contributed by atoms with Crippen molar-refractivity contribution in [2.45, 2.75) is 32.3 Å². The second kappa shape index (κ2) is 13.7. The van der Waals surface area contributed by atoms with Crippen LogP contribution in [0.5, 0.6) is 5.75 Å². The van der Waals surface area contributed by atoms with Crippen molar-refractivity contribution in [2.24, 2.45) is 0 Å². The van der Waals surface area contributed by atoms with Crippen LogP contribution >= 0.6 is 12.2 Å². The number of ether oxygens (including phenoxy) is 2. The largest absolute Gasteiger partial charge is 0.487 e. The van der Waals surface area contributed by atoms with Crippen molar-refractivity contribution in [3.8, 4) is 5.75 Å². The summed E-state index contributed by atoms with van der Waals surface area (Å²) in [6.07, 6.45) is 1.56. The smallest absolute Gasteiger partial charge is 0.306 e. The number of nitrogens with one attached hydrogen (secondary N) is 2. The van der Waals surface area contributed by atoms with Gasteiger partial charge in [0.15, 0.2) is 5.11 Å². The van der Waals surface area contributed by atoms with Crippen LogP contribution in [-0.2, 0) is 27.4 Å². The second-order valence-electron chi connectivity index (χ2n) is 7.58. The van der Waals surface area contributed by atoms with Gasteiger partial charge in [-0.2, -0.15) is 0 Å². The molecule has 0 spiro atoms. The molecule has 0 aliphatic heterocycles. The van der Waals surface area contributed by atoms with Crippen molar-refractivity contribution < 1.29 is 19.1 Å². The predicted molar refractivity (Wildman–Crippen MR) is 137 cm³/mol. The monoisotopic (exact) mass is 476 g/mol. The van der Waals surface area contributed by atoms with Crippen molar-refractivity contribution in [1.82, 2.24) is 5.32 Å². The third-order valence-corrected chi connectivity index (χ3v) is 5.10. The molecular formula is C27H28N2O4S. The highest BCUT2D eigenvalue weighted by Gasteiger charge is 2.11. The summed E-state index contributed by atoms with van der Waals surface area (Å²) in [6.45, 7) is 0.737. The number of aryl methyl sites for hydroxylation is 1. The minimum atomic E-state index is -0.401. The van der Waals surface area contributed by atoms with E-state index in [9.17, 15) is 9.59 Å². The molecule has 0 saturated carbocycles. The first-order valence-corrected chi connectivity index (χ1v) is 11.6. The van der Waals surface area contributed by atoms with E-state index in [2.05, 4.69) is 10.6 Å². The highest BCUT2D eigenvalue weighted by molar-refractivity contribution is 7.80. The summed E-state index contributed by atoms with van der Waals surface area (Å²) in [7, 11) is 0. The Morgan fingerprint density at radius 1 is 0.794 bits per heavy atom. The number of amides is 1. The first kappa shape index (κ1) is 24.9. The number of esters is 1. The molecule has 0 radical (unpaired) electrons. The van der Waals surface area contributed by atoms with Crippen molar-refractivity contribution in [3.05, 3.63) is 96.1 Å². The van der Waals surface area contributed by atoms with Crippen molar-refractivity contribution in [1.29, 1.82) is 0 Å². The van der Waals surface area contributed by atoms with Gasteiger partial charge in [0, 0.05) is 6.42 Å². The van der Waals surface area contributed by atoms with Crippen LogP contribution in [0.25, 0.3) is 0 Å². The molecule has 3 aromatic carbocycles. The van der Waals surface area contributed by atoms with E-state index in [-0.39, 0.29) is 23.9 Å². The summed E-state index contributed by atoms with van der Waals surface area (Å²) in [6, 6.07) is 27.2. The molecule has 0 aromatic heterocycles. The van der Waals surface area contributed by atoms with Crippen LogP contribution in [0.3, 0.4) is 0 Å². The number of thiocarbonyl (C=S) groups is 1. The van der Waals surface area contributed by atoms with Gasteiger partial charge < -0.3 is 20.1 Å². The lowest BCUT2D eigenvalue weighted by Gasteiger charge is -2.14. The quantitative estimate of drug-likeness (QED) is 0.230. The summed E-state index contributed by atoms with van der Waals surface area (Å²) in [4.78, 5) is 24.1. The van der Waals surface area contributed by atoms with Gasteiger partial charge in [-0.1, -0.05) is 72.8 Å². The maximum atomic E-state index is 12.2. The van der Waals surface area contributed by atoms with Gasteiger partial charge in [-0.3, -0.25) is 9.59 Å². The fourth-order valence-corrected chi connectivity index (χ4v) is 3.39. The zero-order valence-corrected chi connectivity index (χ0v) is 19.7. The van der Waals surface area contributed by atoms with E-state index in [4.69, 9.17) is 21.7 Å². The van der Waals surface area contributed by atoms with E-state index in [0.29, 0.717) is 24.7 Å². The predicted octanol–water partition coefficient (Wildman–Crippen LogP) is 5.03. The molecule has 34 heavy (non-hydrogen) atoms. The molecular weight excluding hydrogens is 448 g/mol. The van der Waals surface area contributed by atoms with E-state index in [1.54, 1.807) is 0 Å². The normalized spacial score (nSPS) is 10.2. The standard InChI is InChI=1S/C27H28N2O4S/c30-25(17-18-26(31)32-19-9-14-21-10-3-1-4-11-21)29-27(34)28-23-15-7-8-16-24(23)33-20-22-12-5-2-6-13-22/h1-8,10-13,15-16H,9,14,17-20H2,(H2,28,29,30,34). The Labute approximate surface area is 205 Å². The highest BCUT2D eigenvalue weighted by atomic mass is 32.1. The number of hydrogen-bond acceptors (Lipinski definition) is 5. The summed E-state index contributed by atoms with van der Waals surface area (Å²) in [5.41, 5.74) is 2.88. The number of hydrogen-bond donors (Lipinski definition) is 2. The molecule has 0 aliphatic rings. The molecule has 7 heteroatoms. The van der Waals surface area contributed by atoms with Crippen LogP contribution in [0.4, 0.5) is 5.69 Å². The van der Waals surface area contributed by atoms with Crippen LogP contribution in [0.15, 0.2) is 84.9 Å². The molecule has 1 amide bonds. The van der Waals surface area contributed by atoms with Gasteiger partial charge in [0.25, 0.3) is 0 Å². The summed E-state index contributed by atoms with van der Waals surface area (Å²) in [5.74, 6) is -0.148. The van der Waals surface area contributed by atoms with E-state index >= 15 is 0 Å². The molecule has 176 valence electrons. The lowest BCUT2D eigenvalue weighted by molar-refractivity contribution is -0.145. The first-order chi connectivity index (χ1) is 16.6. The zero-order valence-electron chi connectivity index (χ0n) is 18.9. The number of carbonyl (C=O) groups is 2. The lowest BCUT2D eigenvalue weighted by Crippen LogP contribution is -2.34. The Kier molecular flexibility index (Phi) is 10.1. The van der Waals surface area contributed by atoms with E-state index in [1.807, 2.05) is 84.9 Å². The molecule has 0 saturated heterocycles. The summed E-state index contributed by atoms with van der Waals surface area (Å²) in [5, 5.41) is 5.71. The second-order valence-corrected chi connectivity index (χ2v) is 7.99. The van der Waals surface area contributed by atoms with Crippen LogP contribution in [-0.4, -0.2) is 23.6 Å². The Bertz CT molecular complexity index is 1070. The third-order valence-electron chi connectivity index (χ3n) is 4.90. The van der Waals surface area contributed by atoms with Crippen LogP contribution in [0.1, 0.15) is 30.4 Å². The fraction of sp³-hybridized carbons (Fsp3) is 0.222. The molecule has 0 atom stereocenters. The molecule has 2 N–H and O–H groups in total. The molecule has 6 nitrogen and oxygen atoms in total. The Morgan fingerprint density at radius 3 is 2.18 bits per heavy atom. The number of rotatable bonds is 11.